The SMILES string of the molecule is CC(N)C1CCCN(C(=O)CN2C(=O)NC3(CCCCC3C)C2=O)C1. The summed E-state index contributed by atoms with van der Waals surface area (Å²) in [6.45, 7) is 5.10. The topological polar surface area (TPSA) is 95.7 Å². The molecule has 3 aliphatic rings. The van der Waals surface area contributed by atoms with Crippen molar-refractivity contribution in [2.75, 3.05) is 19.6 Å². The van der Waals surface area contributed by atoms with Crippen LogP contribution in [0.2, 0.25) is 0 Å². The normalized spacial score (nSPS) is 34.4. The molecule has 0 aromatic carbocycles. The van der Waals surface area contributed by atoms with E-state index in [4.69, 9.17) is 5.73 Å². The molecular weight excluding hydrogens is 320 g/mol. The molecule has 3 fully saturated rings. The number of carbonyl (C=O) groups is 3. The van der Waals surface area contributed by atoms with Crippen LogP contribution in [0.1, 0.15) is 52.4 Å². The van der Waals surface area contributed by atoms with Gasteiger partial charge in [0.05, 0.1) is 0 Å². The molecule has 0 bridgehead atoms. The summed E-state index contributed by atoms with van der Waals surface area (Å²) in [4.78, 5) is 40.9. The van der Waals surface area contributed by atoms with E-state index in [1.54, 1.807) is 4.90 Å². The van der Waals surface area contributed by atoms with Gasteiger partial charge in [-0.1, -0.05) is 19.8 Å². The van der Waals surface area contributed by atoms with Gasteiger partial charge in [0.1, 0.15) is 12.1 Å². The van der Waals surface area contributed by atoms with E-state index in [1.807, 2.05) is 13.8 Å². The third-order valence-electron chi connectivity index (χ3n) is 6.35. The molecule has 3 rings (SSSR count). The van der Waals surface area contributed by atoms with Gasteiger partial charge in [-0.15, -0.1) is 0 Å². The van der Waals surface area contributed by atoms with Crippen molar-refractivity contribution in [3.8, 4) is 0 Å². The molecule has 140 valence electrons. The van der Waals surface area contributed by atoms with Crippen LogP contribution < -0.4 is 11.1 Å². The van der Waals surface area contributed by atoms with Crippen LogP contribution in [0.25, 0.3) is 0 Å². The highest BCUT2D eigenvalue weighted by atomic mass is 16.2. The lowest BCUT2D eigenvalue weighted by Crippen LogP contribution is -2.54. The number of likely N-dealkylation sites (tertiary alicyclic amines) is 1. The fourth-order valence-electron chi connectivity index (χ4n) is 4.54. The van der Waals surface area contributed by atoms with Gasteiger partial charge in [0.2, 0.25) is 5.91 Å². The number of amides is 4. The summed E-state index contributed by atoms with van der Waals surface area (Å²) in [5, 5.41) is 2.90. The van der Waals surface area contributed by atoms with Crippen molar-refractivity contribution in [1.29, 1.82) is 0 Å². The standard InChI is InChI=1S/C18H30N4O3/c1-12-6-3-4-8-18(12)16(24)22(17(25)20-18)11-15(23)21-9-5-7-14(10-21)13(2)19/h12-14H,3-11,19H2,1-2H3,(H,20,25). The van der Waals surface area contributed by atoms with Crippen molar-refractivity contribution in [3.05, 3.63) is 0 Å². The molecule has 3 N–H and O–H groups in total. The lowest BCUT2D eigenvalue weighted by atomic mass is 9.73. The summed E-state index contributed by atoms with van der Waals surface area (Å²) in [7, 11) is 0. The fraction of sp³-hybridized carbons (Fsp3) is 0.833. The first-order chi connectivity index (χ1) is 11.8. The number of hydrogen-bond acceptors (Lipinski definition) is 4. The second-order valence-electron chi connectivity index (χ2n) is 8.04. The van der Waals surface area contributed by atoms with E-state index in [9.17, 15) is 14.4 Å². The van der Waals surface area contributed by atoms with Crippen LogP contribution in [0.4, 0.5) is 4.79 Å². The number of nitrogens with two attached hydrogens (primary N) is 1. The van der Waals surface area contributed by atoms with Gasteiger partial charge in [-0.05, 0) is 44.4 Å². The fourth-order valence-corrected chi connectivity index (χ4v) is 4.54. The van der Waals surface area contributed by atoms with E-state index in [2.05, 4.69) is 5.32 Å². The number of hydrogen-bond donors (Lipinski definition) is 2. The van der Waals surface area contributed by atoms with Gasteiger partial charge in [-0.25, -0.2) is 4.79 Å². The Morgan fingerprint density at radius 3 is 2.76 bits per heavy atom. The summed E-state index contributed by atoms with van der Waals surface area (Å²) >= 11 is 0. The van der Waals surface area contributed by atoms with E-state index in [-0.39, 0.29) is 36.2 Å². The molecule has 2 aliphatic heterocycles. The van der Waals surface area contributed by atoms with Crippen LogP contribution in [0, 0.1) is 11.8 Å². The number of urea groups is 1. The van der Waals surface area contributed by atoms with E-state index < -0.39 is 11.6 Å². The van der Waals surface area contributed by atoms with Gasteiger partial charge in [-0.3, -0.25) is 14.5 Å². The van der Waals surface area contributed by atoms with Crippen LogP contribution in [-0.4, -0.2) is 58.9 Å². The molecule has 4 atom stereocenters. The Bertz CT molecular complexity index is 565. The van der Waals surface area contributed by atoms with Crippen LogP contribution in [0.5, 0.6) is 0 Å². The van der Waals surface area contributed by atoms with Gasteiger partial charge < -0.3 is 16.0 Å². The Hall–Kier alpha value is -1.63. The molecule has 7 nitrogen and oxygen atoms in total. The minimum atomic E-state index is -0.800. The van der Waals surface area contributed by atoms with Crippen molar-refractivity contribution in [2.24, 2.45) is 17.6 Å². The maximum atomic E-state index is 12.9. The average molecular weight is 350 g/mol. The van der Waals surface area contributed by atoms with Gasteiger partial charge >= 0.3 is 6.03 Å². The maximum absolute atomic E-state index is 12.9. The first-order valence-corrected chi connectivity index (χ1v) is 9.52. The zero-order valence-electron chi connectivity index (χ0n) is 15.3. The number of nitrogens with zero attached hydrogens (tertiary/aromatic N) is 2. The molecule has 0 aromatic heterocycles. The Kier molecular flexibility index (Phi) is 5.04. The van der Waals surface area contributed by atoms with Gasteiger partial charge in [0.15, 0.2) is 0 Å². The molecule has 4 unspecified atom stereocenters. The zero-order valence-corrected chi connectivity index (χ0v) is 15.3. The summed E-state index contributed by atoms with van der Waals surface area (Å²) in [5.74, 6) is 0.00828. The third kappa shape index (κ3) is 3.26. The van der Waals surface area contributed by atoms with E-state index in [0.717, 1.165) is 37.0 Å². The van der Waals surface area contributed by atoms with Crippen LogP contribution in [-0.2, 0) is 9.59 Å². The first kappa shape index (κ1) is 18.2. The lowest BCUT2D eigenvalue weighted by molar-refractivity contribution is -0.141. The van der Waals surface area contributed by atoms with Crippen molar-refractivity contribution >= 4 is 17.8 Å². The number of rotatable bonds is 3. The molecule has 25 heavy (non-hydrogen) atoms. The quantitative estimate of drug-likeness (QED) is 0.744. The number of piperidine rings is 1. The summed E-state index contributed by atoms with van der Waals surface area (Å²) < 4.78 is 0. The Labute approximate surface area is 149 Å². The average Bonchev–Trinajstić information content (AvgIpc) is 2.82. The van der Waals surface area contributed by atoms with Crippen molar-refractivity contribution < 1.29 is 14.4 Å². The minimum absolute atomic E-state index is 0.0404. The molecule has 0 radical (unpaired) electrons. The van der Waals surface area contributed by atoms with Crippen molar-refractivity contribution in [3.63, 3.8) is 0 Å². The summed E-state index contributed by atoms with van der Waals surface area (Å²) in [6, 6.07) is -0.383. The molecule has 7 heteroatoms. The molecule has 4 amide bonds. The predicted octanol–water partition coefficient (Wildman–Crippen LogP) is 1.07. The molecule has 0 aromatic rings. The molecule has 2 heterocycles. The number of carbonyl (C=O) groups excluding carboxylic acids is 3. The zero-order chi connectivity index (χ0) is 18.2. The molecule has 2 saturated heterocycles. The second-order valence-corrected chi connectivity index (χ2v) is 8.04. The minimum Gasteiger partial charge on any atom is -0.341 e. The Morgan fingerprint density at radius 1 is 1.32 bits per heavy atom. The monoisotopic (exact) mass is 350 g/mol. The van der Waals surface area contributed by atoms with Gasteiger partial charge in [0, 0.05) is 19.1 Å². The van der Waals surface area contributed by atoms with E-state index >= 15 is 0 Å². The van der Waals surface area contributed by atoms with Crippen molar-refractivity contribution in [2.45, 2.75) is 64.0 Å². The Balaban J connectivity index is 1.67. The predicted molar refractivity (Wildman–Crippen MR) is 93.6 cm³/mol. The highest BCUT2D eigenvalue weighted by Crippen LogP contribution is 2.38. The smallest absolute Gasteiger partial charge is 0.325 e. The van der Waals surface area contributed by atoms with Crippen LogP contribution in [0.3, 0.4) is 0 Å². The summed E-state index contributed by atoms with van der Waals surface area (Å²) in [6.07, 6.45) is 5.54. The highest BCUT2D eigenvalue weighted by molar-refractivity contribution is 6.09. The first-order valence-electron chi connectivity index (χ1n) is 9.52. The van der Waals surface area contributed by atoms with Gasteiger partial charge in [-0.2, -0.15) is 0 Å². The largest absolute Gasteiger partial charge is 0.341 e. The van der Waals surface area contributed by atoms with Crippen LogP contribution in [0.15, 0.2) is 0 Å². The number of imide groups is 1. The van der Waals surface area contributed by atoms with Crippen LogP contribution >= 0.6 is 0 Å². The molecular formula is C18H30N4O3. The van der Waals surface area contributed by atoms with E-state index in [0.29, 0.717) is 19.5 Å². The maximum Gasteiger partial charge on any atom is 0.325 e. The second kappa shape index (κ2) is 6.94. The summed E-state index contributed by atoms with van der Waals surface area (Å²) in [5.41, 5.74) is 5.18. The highest BCUT2D eigenvalue weighted by Gasteiger charge is 2.55. The molecule has 1 spiro atoms. The van der Waals surface area contributed by atoms with Gasteiger partial charge in [0.25, 0.3) is 5.91 Å². The molecule has 1 saturated carbocycles. The lowest BCUT2D eigenvalue weighted by Gasteiger charge is -2.37. The van der Waals surface area contributed by atoms with E-state index in [1.165, 1.54) is 0 Å². The van der Waals surface area contributed by atoms with Crippen molar-refractivity contribution in [1.82, 2.24) is 15.1 Å². The number of nitrogens with one attached hydrogen (secondary N) is 1. The third-order valence-corrected chi connectivity index (χ3v) is 6.35. The Morgan fingerprint density at radius 2 is 2.08 bits per heavy atom. The molecule has 1 aliphatic carbocycles.